The lowest BCUT2D eigenvalue weighted by Gasteiger charge is -2.10. The number of rotatable bonds is 6. The summed E-state index contributed by atoms with van der Waals surface area (Å²) >= 11 is 34.4. The Morgan fingerprint density at radius 2 is 0.562 bits per heavy atom. The van der Waals surface area contributed by atoms with Gasteiger partial charge in [-0.25, -0.2) is 0 Å². The second-order valence-electron chi connectivity index (χ2n) is 37.0. The summed E-state index contributed by atoms with van der Waals surface area (Å²) in [5.41, 5.74) is 20.3. The molecule has 32 aromatic rings. The van der Waals surface area contributed by atoms with Crippen molar-refractivity contribution in [2.75, 3.05) is 0 Å². The van der Waals surface area contributed by atoms with Gasteiger partial charge >= 0.3 is 0 Å². The standard InChI is InChI=1S/2C38H21ClOS.C28H15ClOS.C28H15ClS2/c39-24-9-5-8-22(20-24)25-14-6-16-31-32-17-7-15-26(38(32)41-37(25)31)23-18-19-34-33(21-23)35-29-12-3-1-10-27(29)28-11-2-4-13-30(28)36(35)40-34;39-24-18-15-23(16-19-24)25-11-6-14-34-35(25)31-13-5-12-30(38(31)41-34)32-21-33-29-20-17-22-7-1-2-8-26(22)36(29)40-37(33)28-10-4-3-9-27(28)32;29-19-9-10-21-22-7-3-6-20(28(22)31-27(21)15-19)18-8-11-25-23(13-18)24-12-16-4-1-2-5-17(16)14-26(24)30-25;29-18-10-13-26-24(15-18)21-7-3-6-20(28(21)31-26)17-9-12-25-23(14-17)22-11-8-16-4-1-2-5-19(16)27(22)30-25/h2*1-21H;2*1-15H. The molecule has 0 fully saturated rings. The summed E-state index contributed by atoms with van der Waals surface area (Å²) in [6.45, 7) is 0. The van der Waals surface area contributed by atoms with Crippen molar-refractivity contribution in [2.45, 2.75) is 0 Å². The van der Waals surface area contributed by atoms with Gasteiger partial charge in [-0.2, -0.15) is 0 Å². The zero-order valence-electron chi connectivity index (χ0n) is 76.3. The molecule has 0 atom stereocenters. The van der Waals surface area contributed by atoms with Gasteiger partial charge in [0, 0.05) is 175 Å². The van der Waals surface area contributed by atoms with Crippen LogP contribution in [0.5, 0.6) is 0 Å². The molecule has 0 bridgehead atoms. The van der Waals surface area contributed by atoms with Crippen LogP contribution in [0.1, 0.15) is 0 Å². The average Bonchev–Trinajstić information content (AvgIpc) is 1.70. The molecule has 3 nitrogen and oxygen atoms in total. The van der Waals surface area contributed by atoms with E-state index in [-0.39, 0.29) is 0 Å². The number of hydrogen-bond donors (Lipinski definition) is 0. The fourth-order valence-electron chi connectivity index (χ4n) is 22.3. The largest absolute Gasteiger partial charge is 0.456 e. The molecule has 0 saturated carbocycles. The van der Waals surface area contributed by atoms with Crippen LogP contribution in [-0.4, -0.2) is 0 Å². The molecule has 24 aromatic carbocycles. The summed E-state index contributed by atoms with van der Waals surface area (Å²) in [6, 6.07) is 156. The Kier molecular flexibility index (Phi) is 20.2. The second-order valence-corrected chi connectivity index (χ2v) is 44.0. The summed E-state index contributed by atoms with van der Waals surface area (Å²) in [7, 11) is 0. The van der Waals surface area contributed by atoms with Gasteiger partial charge in [0.25, 0.3) is 0 Å². The summed E-state index contributed by atoms with van der Waals surface area (Å²) in [5.74, 6) is 0. The molecule has 144 heavy (non-hydrogen) atoms. The van der Waals surface area contributed by atoms with Crippen molar-refractivity contribution in [3.8, 4) is 66.8 Å². The van der Waals surface area contributed by atoms with E-state index in [2.05, 4.69) is 394 Å². The van der Waals surface area contributed by atoms with Gasteiger partial charge in [0.05, 0.1) is 0 Å². The van der Waals surface area contributed by atoms with Crippen molar-refractivity contribution in [3.05, 3.63) is 457 Å². The molecule has 8 heterocycles. The quantitative estimate of drug-likeness (QED) is 0.156. The average molecular weight is 2010 g/mol. The molecule has 32 rings (SSSR count). The highest BCUT2D eigenvalue weighted by atomic mass is 35.5. The highest BCUT2D eigenvalue weighted by molar-refractivity contribution is 7.28. The van der Waals surface area contributed by atoms with Gasteiger partial charge in [-0.3, -0.25) is 0 Å². The predicted octanol–water partition coefficient (Wildman–Crippen LogP) is 43.8. The van der Waals surface area contributed by atoms with Crippen molar-refractivity contribution >= 4 is 334 Å². The van der Waals surface area contributed by atoms with Gasteiger partial charge < -0.3 is 13.3 Å². The Labute approximate surface area is 863 Å². The fraction of sp³-hybridized carbons (Fsp3) is 0. The van der Waals surface area contributed by atoms with E-state index in [0.717, 1.165) is 102 Å². The van der Waals surface area contributed by atoms with E-state index in [1.807, 2.05) is 87.8 Å². The third-order valence-corrected chi connectivity index (χ3v) is 36.0. The lowest BCUT2D eigenvalue weighted by molar-refractivity contribution is 0.669. The monoisotopic (exact) mass is 2000 g/mol. The molecule has 676 valence electrons. The topological polar surface area (TPSA) is 39.4 Å². The lowest BCUT2D eigenvalue weighted by atomic mass is 9.93. The molecule has 0 N–H and O–H groups in total. The first kappa shape index (κ1) is 85.3. The number of furan rings is 3. The van der Waals surface area contributed by atoms with Crippen LogP contribution >= 0.6 is 103 Å². The molecule has 0 aliphatic heterocycles. The second kappa shape index (κ2) is 34.1. The third kappa shape index (κ3) is 14.0. The lowest BCUT2D eigenvalue weighted by Crippen LogP contribution is -1.84. The van der Waals surface area contributed by atoms with Crippen molar-refractivity contribution in [1.82, 2.24) is 0 Å². The number of benzene rings is 24. The van der Waals surface area contributed by atoms with E-state index in [1.54, 1.807) is 11.3 Å². The first-order chi connectivity index (χ1) is 71.0. The van der Waals surface area contributed by atoms with Crippen molar-refractivity contribution in [2.24, 2.45) is 0 Å². The highest BCUT2D eigenvalue weighted by Crippen LogP contribution is 2.54. The molecule has 0 aliphatic rings. The Morgan fingerprint density at radius 1 is 0.146 bits per heavy atom. The summed E-state index contributed by atoms with van der Waals surface area (Å²) in [5, 5.41) is 37.5. The summed E-state index contributed by atoms with van der Waals surface area (Å²) in [6.07, 6.45) is 0. The molecule has 0 radical (unpaired) electrons. The van der Waals surface area contributed by atoms with E-state index in [9.17, 15) is 0 Å². The fourth-order valence-corrected chi connectivity index (χ4v) is 29.4. The molecular formula is C132H72Cl4O3S5. The molecule has 0 saturated heterocycles. The highest BCUT2D eigenvalue weighted by Gasteiger charge is 2.26. The van der Waals surface area contributed by atoms with Crippen molar-refractivity contribution < 1.29 is 13.3 Å². The Hall–Kier alpha value is -15.5. The van der Waals surface area contributed by atoms with E-state index < -0.39 is 0 Å². The van der Waals surface area contributed by atoms with Gasteiger partial charge in [-0.1, -0.05) is 362 Å². The molecular weight excluding hydrogens is 1940 g/mol. The van der Waals surface area contributed by atoms with Crippen LogP contribution in [0.2, 0.25) is 20.1 Å². The van der Waals surface area contributed by atoms with Crippen LogP contribution in [0.15, 0.2) is 450 Å². The maximum Gasteiger partial charge on any atom is 0.143 e. The van der Waals surface area contributed by atoms with Crippen molar-refractivity contribution in [3.63, 3.8) is 0 Å². The molecule has 0 unspecified atom stereocenters. The maximum atomic E-state index is 6.67. The Balaban J connectivity index is 0.0000000921. The molecule has 0 amide bonds. The van der Waals surface area contributed by atoms with Crippen LogP contribution in [-0.2, 0) is 0 Å². The van der Waals surface area contributed by atoms with E-state index in [0.29, 0.717) is 0 Å². The van der Waals surface area contributed by atoms with Crippen LogP contribution in [0.3, 0.4) is 0 Å². The van der Waals surface area contributed by atoms with Crippen LogP contribution in [0.4, 0.5) is 0 Å². The van der Waals surface area contributed by atoms with Crippen LogP contribution < -0.4 is 0 Å². The SMILES string of the molecule is Clc1ccc(-c2cccc3sc4c(-c5cc6c7ccc8ccccc8c7oc6c6ccccc56)cccc4c23)cc1.Clc1ccc2c(c1)sc1c(-c3ccc4oc5cc6ccccc6cc5c4c3)cccc12.Clc1ccc2sc3c(-c4ccc5sc6c7ccccc7ccc6c5c4)cccc3c2c1.Clc1cccc(-c2cccc3c2sc2c(-c4ccc5oc6c7ccccc7c7ccccc7c6c5c4)cccc23)c1. The molecule has 12 heteroatoms. The summed E-state index contributed by atoms with van der Waals surface area (Å²) < 4.78 is 32.4. The maximum absolute atomic E-state index is 6.67. The van der Waals surface area contributed by atoms with E-state index in [1.165, 1.54) is 216 Å². The minimum Gasteiger partial charge on any atom is -0.456 e. The van der Waals surface area contributed by atoms with Gasteiger partial charge in [-0.05, 0) is 231 Å². The number of thiophene rings is 5. The minimum atomic E-state index is 0.750. The third-order valence-electron chi connectivity index (χ3n) is 28.9. The van der Waals surface area contributed by atoms with E-state index >= 15 is 0 Å². The van der Waals surface area contributed by atoms with Crippen molar-refractivity contribution in [1.29, 1.82) is 0 Å². The molecule has 0 aliphatic carbocycles. The first-order valence-electron chi connectivity index (χ1n) is 47.8. The normalized spacial score (nSPS) is 12.0. The minimum absolute atomic E-state index is 0.750. The van der Waals surface area contributed by atoms with Gasteiger partial charge in [0.2, 0.25) is 0 Å². The number of halogens is 4. The van der Waals surface area contributed by atoms with Crippen LogP contribution in [0.25, 0.3) is 298 Å². The smallest absolute Gasteiger partial charge is 0.143 e. The molecule has 8 aromatic heterocycles. The zero-order chi connectivity index (χ0) is 95.2. The Bertz CT molecular complexity index is 11000. The van der Waals surface area contributed by atoms with Gasteiger partial charge in [-0.15, -0.1) is 56.7 Å². The predicted molar refractivity (Wildman–Crippen MR) is 630 cm³/mol. The van der Waals surface area contributed by atoms with Crippen LogP contribution in [0, 0.1) is 0 Å². The first-order valence-corrected chi connectivity index (χ1v) is 53.4. The van der Waals surface area contributed by atoms with Gasteiger partial charge in [0.1, 0.15) is 33.5 Å². The number of fused-ring (bicyclic) bond motifs is 36. The van der Waals surface area contributed by atoms with E-state index in [4.69, 9.17) is 59.7 Å². The zero-order valence-corrected chi connectivity index (χ0v) is 83.5. The number of hydrogen-bond acceptors (Lipinski definition) is 8. The van der Waals surface area contributed by atoms with Gasteiger partial charge in [0.15, 0.2) is 0 Å². The molecule has 0 spiro atoms. The summed E-state index contributed by atoms with van der Waals surface area (Å²) in [4.78, 5) is 0. The Morgan fingerprint density at radius 3 is 1.26 bits per heavy atom.